The maximum absolute atomic E-state index is 11.3. The van der Waals surface area contributed by atoms with Gasteiger partial charge in [-0.25, -0.2) is 9.97 Å². The van der Waals surface area contributed by atoms with Gasteiger partial charge in [0.25, 0.3) is 0 Å². The first-order valence-electron chi connectivity index (χ1n) is 4.76. The van der Waals surface area contributed by atoms with E-state index in [1.54, 1.807) is 24.5 Å². The summed E-state index contributed by atoms with van der Waals surface area (Å²) in [7, 11) is 0. The van der Waals surface area contributed by atoms with E-state index in [0.717, 1.165) is 11.4 Å². The van der Waals surface area contributed by atoms with Crippen molar-refractivity contribution in [3.05, 3.63) is 50.7 Å². The highest BCUT2D eigenvalue weighted by Crippen LogP contribution is 2.11. The van der Waals surface area contributed by atoms with E-state index in [1.165, 1.54) is 0 Å². The van der Waals surface area contributed by atoms with E-state index in [4.69, 9.17) is 0 Å². The Morgan fingerprint density at radius 1 is 1.12 bits per heavy atom. The summed E-state index contributed by atoms with van der Waals surface area (Å²) < 4.78 is 2.58. The largest absolute Gasteiger partial charge is 0.302 e. The number of halogens is 1. The lowest BCUT2D eigenvalue weighted by Crippen LogP contribution is -2.12. The summed E-state index contributed by atoms with van der Waals surface area (Å²) in [6, 6.07) is 3.16. The van der Waals surface area contributed by atoms with Crippen LogP contribution in [0.1, 0.15) is 11.4 Å². The molecular formula is C11H10BrN3O. The van der Waals surface area contributed by atoms with Crippen LogP contribution in [0, 0.1) is 13.8 Å². The molecule has 0 unspecified atom stereocenters. The number of nitrogens with zero attached hydrogens (tertiary/aromatic N) is 3. The molecule has 0 N–H and O–H groups in total. The van der Waals surface area contributed by atoms with E-state index >= 15 is 0 Å². The van der Waals surface area contributed by atoms with Gasteiger partial charge in [0.2, 0.25) is 0 Å². The van der Waals surface area contributed by atoms with E-state index in [2.05, 4.69) is 25.9 Å². The van der Waals surface area contributed by atoms with Gasteiger partial charge >= 0.3 is 0 Å². The van der Waals surface area contributed by atoms with Crippen LogP contribution in [-0.4, -0.2) is 14.5 Å². The summed E-state index contributed by atoms with van der Waals surface area (Å²) in [6.07, 6.45) is 3.29. The normalized spacial score (nSPS) is 10.4. The van der Waals surface area contributed by atoms with Gasteiger partial charge in [-0.3, -0.25) is 4.79 Å². The van der Waals surface area contributed by atoms with Crippen LogP contribution in [0.5, 0.6) is 0 Å². The standard InChI is InChI=1S/C11H10BrN3O/c1-7-3-9(16)4-8(2)15(7)11-6-13-10(12)5-14-11/h3-6H,1-2H3. The van der Waals surface area contributed by atoms with Crippen molar-refractivity contribution < 1.29 is 0 Å². The second kappa shape index (κ2) is 4.17. The fraction of sp³-hybridized carbons (Fsp3) is 0.182. The van der Waals surface area contributed by atoms with Crippen molar-refractivity contribution >= 4 is 15.9 Å². The molecule has 2 rings (SSSR count). The highest BCUT2D eigenvalue weighted by Gasteiger charge is 2.05. The van der Waals surface area contributed by atoms with Gasteiger partial charge in [-0.05, 0) is 29.8 Å². The van der Waals surface area contributed by atoms with Crippen LogP contribution in [-0.2, 0) is 0 Å². The predicted octanol–water partition coefficient (Wildman–Crippen LogP) is 2.01. The Morgan fingerprint density at radius 3 is 2.25 bits per heavy atom. The predicted molar refractivity (Wildman–Crippen MR) is 64.8 cm³/mol. The van der Waals surface area contributed by atoms with Gasteiger partial charge in [0.05, 0.1) is 12.4 Å². The molecule has 4 nitrogen and oxygen atoms in total. The lowest BCUT2D eigenvalue weighted by atomic mass is 10.3. The Bertz CT molecular complexity index is 549. The second-order valence-corrected chi connectivity index (χ2v) is 4.32. The van der Waals surface area contributed by atoms with Gasteiger partial charge < -0.3 is 4.57 Å². The second-order valence-electron chi connectivity index (χ2n) is 3.51. The molecular weight excluding hydrogens is 270 g/mol. The van der Waals surface area contributed by atoms with Gasteiger partial charge in [0.1, 0.15) is 4.60 Å². The van der Waals surface area contributed by atoms with Crippen molar-refractivity contribution in [3.8, 4) is 5.82 Å². The number of rotatable bonds is 1. The first-order valence-corrected chi connectivity index (χ1v) is 5.55. The Labute approximate surface area is 101 Å². The summed E-state index contributed by atoms with van der Waals surface area (Å²) in [5.41, 5.74) is 1.71. The third kappa shape index (κ3) is 2.04. The molecule has 0 saturated heterocycles. The molecule has 0 radical (unpaired) electrons. The van der Waals surface area contributed by atoms with Gasteiger partial charge in [-0.1, -0.05) is 0 Å². The molecule has 0 spiro atoms. The summed E-state index contributed by atoms with van der Waals surface area (Å²) in [6.45, 7) is 3.75. The Kier molecular flexibility index (Phi) is 2.87. The van der Waals surface area contributed by atoms with Crippen molar-refractivity contribution in [2.45, 2.75) is 13.8 Å². The van der Waals surface area contributed by atoms with Gasteiger partial charge in [0, 0.05) is 23.5 Å². The molecule has 2 aromatic rings. The molecule has 0 aliphatic carbocycles. The van der Waals surface area contributed by atoms with Crippen LogP contribution < -0.4 is 5.43 Å². The quantitative estimate of drug-likeness (QED) is 0.802. The van der Waals surface area contributed by atoms with Crippen molar-refractivity contribution in [1.82, 2.24) is 14.5 Å². The van der Waals surface area contributed by atoms with E-state index in [-0.39, 0.29) is 5.43 Å². The molecule has 2 heterocycles. The zero-order chi connectivity index (χ0) is 11.7. The first kappa shape index (κ1) is 11.0. The summed E-state index contributed by atoms with van der Waals surface area (Å²) in [4.78, 5) is 19.7. The smallest absolute Gasteiger partial charge is 0.182 e. The SMILES string of the molecule is Cc1cc(=O)cc(C)n1-c1cnc(Br)cn1. The number of aromatic nitrogens is 3. The van der Waals surface area contributed by atoms with Crippen LogP contribution in [0.2, 0.25) is 0 Å². The van der Waals surface area contributed by atoms with Crippen molar-refractivity contribution in [3.63, 3.8) is 0 Å². The van der Waals surface area contributed by atoms with E-state index in [9.17, 15) is 4.79 Å². The molecule has 5 heteroatoms. The first-order chi connectivity index (χ1) is 7.58. The number of hydrogen-bond acceptors (Lipinski definition) is 3. The summed E-state index contributed by atoms with van der Waals surface area (Å²) in [5.74, 6) is 0.707. The van der Waals surface area contributed by atoms with Crippen LogP contribution in [0.4, 0.5) is 0 Å². The summed E-state index contributed by atoms with van der Waals surface area (Å²) >= 11 is 3.23. The average molecular weight is 280 g/mol. The minimum Gasteiger partial charge on any atom is -0.302 e. The fourth-order valence-electron chi connectivity index (χ4n) is 1.64. The topological polar surface area (TPSA) is 47.8 Å². The number of aryl methyl sites for hydroxylation is 2. The maximum atomic E-state index is 11.3. The van der Waals surface area contributed by atoms with Crippen LogP contribution >= 0.6 is 15.9 Å². The zero-order valence-corrected chi connectivity index (χ0v) is 10.5. The molecule has 0 amide bonds. The zero-order valence-electron chi connectivity index (χ0n) is 8.94. The fourth-order valence-corrected chi connectivity index (χ4v) is 1.85. The molecule has 0 fully saturated rings. The average Bonchev–Trinajstić information content (AvgIpc) is 2.19. The van der Waals surface area contributed by atoms with E-state index < -0.39 is 0 Å². The molecule has 82 valence electrons. The molecule has 0 aromatic carbocycles. The Balaban J connectivity index is 2.64. The maximum Gasteiger partial charge on any atom is 0.182 e. The lowest BCUT2D eigenvalue weighted by molar-refractivity contribution is 0.873. The molecule has 0 aliphatic heterocycles. The molecule has 0 aliphatic rings. The molecule has 0 saturated carbocycles. The third-order valence-corrected chi connectivity index (χ3v) is 2.65. The minimum absolute atomic E-state index is 0.0105. The third-order valence-electron chi connectivity index (χ3n) is 2.24. The van der Waals surface area contributed by atoms with E-state index in [1.807, 2.05) is 18.4 Å². The van der Waals surface area contributed by atoms with Crippen LogP contribution in [0.3, 0.4) is 0 Å². The van der Waals surface area contributed by atoms with Gasteiger partial charge in [-0.15, -0.1) is 0 Å². The minimum atomic E-state index is 0.0105. The number of pyridine rings is 1. The molecule has 0 bridgehead atoms. The van der Waals surface area contributed by atoms with Gasteiger partial charge in [0.15, 0.2) is 11.2 Å². The monoisotopic (exact) mass is 279 g/mol. The number of hydrogen-bond donors (Lipinski definition) is 0. The Morgan fingerprint density at radius 2 is 1.75 bits per heavy atom. The van der Waals surface area contributed by atoms with Crippen molar-refractivity contribution in [1.29, 1.82) is 0 Å². The molecule has 0 atom stereocenters. The highest BCUT2D eigenvalue weighted by molar-refractivity contribution is 9.10. The van der Waals surface area contributed by atoms with Crippen molar-refractivity contribution in [2.24, 2.45) is 0 Å². The van der Waals surface area contributed by atoms with Crippen LogP contribution in [0.15, 0.2) is 33.9 Å². The Hall–Kier alpha value is -1.49. The summed E-state index contributed by atoms with van der Waals surface area (Å²) in [5, 5.41) is 0. The molecule has 16 heavy (non-hydrogen) atoms. The van der Waals surface area contributed by atoms with Gasteiger partial charge in [-0.2, -0.15) is 0 Å². The lowest BCUT2D eigenvalue weighted by Gasteiger charge is -2.12. The van der Waals surface area contributed by atoms with Crippen LogP contribution in [0.25, 0.3) is 5.82 Å². The van der Waals surface area contributed by atoms with Crippen molar-refractivity contribution in [2.75, 3.05) is 0 Å². The highest BCUT2D eigenvalue weighted by atomic mass is 79.9. The molecule has 2 aromatic heterocycles. The van der Waals surface area contributed by atoms with E-state index in [0.29, 0.717) is 10.4 Å².